The zero-order valence-electron chi connectivity index (χ0n) is 14.4. The molecule has 0 aromatic heterocycles. The van der Waals surface area contributed by atoms with E-state index in [0.717, 1.165) is 5.56 Å². The first-order valence-electron chi connectivity index (χ1n) is 8.07. The van der Waals surface area contributed by atoms with E-state index in [1.54, 1.807) is 12.1 Å². The first-order chi connectivity index (χ1) is 12.1. The summed E-state index contributed by atoms with van der Waals surface area (Å²) in [6.45, 7) is 3.35. The molecule has 2 aromatic rings. The molecule has 0 aliphatic carbocycles. The van der Waals surface area contributed by atoms with Gasteiger partial charge in [0.25, 0.3) is 0 Å². The minimum Gasteiger partial charge on any atom is -0.357 e. The summed E-state index contributed by atoms with van der Waals surface area (Å²) in [5.41, 5.74) is 1.79. The number of nitriles is 1. The summed E-state index contributed by atoms with van der Waals surface area (Å²) in [6.07, 6.45) is 0.711. The van der Waals surface area contributed by atoms with Gasteiger partial charge in [-0.1, -0.05) is 12.1 Å². The maximum Gasteiger partial charge on any atom is 0.191 e. The normalized spacial score (nSPS) is 10.6. The van der Waals surface area contributed by atoms with Crippen molar-refractivity contribution in [2.75, 3.05) is 13.1 Å². The molecule has 0 heterocycles. The van der Waals surface area contributed by atoms with Gasteiger partial charge in [0, 0.05) is 18.7 Å². The Bertz CT molecular complexity index is 770. The van der Waals surface area contributed by atoms with Gasteiger partial charge < -0.3 is 10.6 Å². The lowest BCUT2D eigenvalue weighted by atomic mass is 10.1. The largest absolute Gasteiger partial charge is 0.357 e. The van der Waals surface area contributed by atoms with Crippen LogP contribution in [0.1, 0.15) is 23.6 Å². The monoisotopic (exact) mass is 470 g/mol. The number of rotatable bonds is 6. The van der Waals surface area contributed by atoms with Crippen molar-refractivity contribution >= 4 is 29.9 Å². The van der Waals surface area contributed by atoms with Gasteiger partial charge >= 0.3 is 0 Å². The fourth-order valence-electron chi connectivity index (χ4n) is 2.25. The van der Waals surface area contributed by atoms with Gasteiger partial charge in [0.2, 0.25) is 0 Å². The van der Waals surface area contributed by atoms with Crippen LogP contribution in [0.4, 0.5) is 8.78 Å². The predicted molar refractivity (Wildman–Crippen MR) is 109 cm³/mol. The summed E-state index contributed by atoms with van der Waals surface area (Å²) in [6, 6.07) is 12.5. The van der Waals surface area contributed by atoms with E-state index >= 15 is 0 Å². The third-order valence-electron chi connectivity index (χ3n) is 3.55. The Labute approximate surface area is 169 Å². The van der Waals surface area contributed by atoms with Crippen molar-refractivity contribution in [2.45, 2.75) is 19.9 Å². The molecule has 0 aliphatic heterocycles. The summed E-state index contributed by atoms with van der Waals surface area (Å²) in [7, 11) is 0. The zero-order valence-corrected chi connectivity index (χ0v) is 16.8. The van der Waals surface area contributed by atoms with Crippen LogP contribution in [0, 0.1) is 23.0 Å². The van der Waals surface area contributed by atoms with Gasteiger partial charge in [-0.2, -0.15) is 5.26 Å². The van der Waals surface area contributed by atoms with E-state index in [1.807, 2.05) is 13.0 Å². The number of nitrogens with one attached hydrogen (secondary N) is 2. The molecule has 0 bridgehead atoms. The highest BCUT2D eigenvalue weighted by molar-refractivity contribution is 14.0. The Kier molecular flexibility index (Phi) is 9.58. The second-order valence-corrected chi connectivity index (χ2v) is 5.42. The molecule has 0 amide bonds. The van der Waals surface area contributed by atoms with Crippen LogP contribution in [0.15, 0.2) is 47.5 Å². The molecule has 0 atom stereocenters. The molecule has 0 aliphatic rings. The standard InChI is InChI=1S/C19H20F2N4.HI/c1-2-23-19(24-10-9-14-3-6-17(20)7-4-14)25-13-16-11-15(12-22)5-8-18(16)21;/h3-8,11H,2,9-10,13H2,1H3,(H2,23,24,25);1H. The van der Waals surface area contributed by atoms with Crippen molar-refractivity contribution in [3.8, 4) is 6.07 Å². The minimum atomic E-state index is -0.384. The van der Waals surface area contributed by atoms with Crippen LogP contribution in [-0.4, -0.2) is 19.0 Å². The second-order valence-electron chi connectivity index (χ2n) is 5.42. The van der Waals surface area contributed by atoms with Crippen molar-refractivity contribution in [3.63, 3.8) is 0 Å². The van der Waals surface area contributed by atoms with Gasteiger partial charge in [0.05, 0.1) is 18.2 Å². The lowest BCUT2D eigenvalue weighted by molar-refractivity contribution is 0.610. The number of hydrogen-bond acceptors (Lipinski definition) is 2. The number of benzene rings is 2. The summed E-state index contributed by atoms with van der Waals surface area (Å²) in [5, 5.41) is 15.1. The van der Waals surface area contributed by atoms with E-state index in [2.05, 4.69) is 15.6 Å². The fraction of sp³-hybridized carbons (Fsp3) is 0.263. The summed E-state index contributed by atoms with van der Waals surface area (Å²) < 4.78 is 26.7. The highest BCUT2D eigenvalue weighted by Crippen LogP contribution is 2.11. The van der Waals surface area contributed by atoms with Gasteiger partial charge in [-0.25, -0.2) is 13.8 Å². The number of nitrogens with zero attached hydrogens (tertiary/aromatic N) is 2. The average molecular weight is 470 g/mol. The number of guanidine groups is 1. The lowest BCUT2D eigenvalue weighted by Crippen LogP contribution is -2.38. The molecule has 138 valence electrons. The molecule has 0 spiro atoms. The highest BCUT2D eigenvalue weighted by atomic mass is 127. The molecule has 26 heavy (non-hydrogen) atoms. The van der Waals surface area contributed by atoms with Crippen molar-refractivity contribution in [1.82, 2.24) is 10.6 Å². The quantitative estimate of drug-likeness (QED) is 0.384. The second kappa shape index (κ2) is 11.4. The van der Waals surface area contributed by atoms with Crippen LogP contribution in [-0.2, 0) is 13.0 Å². The third-order valence-corrected chi connectivity index (χ3v) is 3.55. The molecule has 2 aromatic carbocycles. The molecule has 2 N–H and O–H groups in total. The van der Waals surface area contributed by atoms with Crippen LogP contribution >= 0.6 is 24.0 Å². The van der Waals surface area contributed by atoms with E-state index in [1.165, 1.54) is 30.3 Å². The molecule has 0 saturated heterocycles. The Morgan fingerprint density at radius 1 is 1.12 bits per heavy atom. The summed E-state index contributed by atoms with van der Waals surface area (Å²) in [5.74, 6) is -0.0791. The van der Waals surface area contributed by atoms with E-state index in [-0.39, 0.29) is 42.2 Å². The van der Waals surface area contributed by atoms with Crippen LogP contribution in [0.25, 0.3) is 0 Å². The van der Waals surface area contributed by atoms with Gasteiger partial charge in [-0.15, -0.1) is 24.0 Å². The van der Waals surface area contributed by atoms with Gasteiger partial charge in [0.15, 0.2) is 5.96 Å². The Hall–Kier alpha value is -2.21. The summed E-state index contributed by atoms with van der Waals surface area (Å²) in [4.78, 5) is 4.35. The molecule has 0 unspecified atom stereocenters. The Morgan fingerprint density at radius 2 is 1.85 bits per heavy atom. The first kappa shape index (κ1) is 21.8. The van der Waals surface area contributed by atoms with E-state index in [4.69, 9.17) is 5.26 Å². The van der Waals surface area contributed by atoms with Gasteiger partial charge in [-0.05, 0) is 49.2 Å². The third kappa shape index (κ3) is 6.96. The fourth-order valence-corrected chi connectivity index (χ4v) is 2.25. The van der Waals surface area contributed by atoms with E-state index < -0.39 is 0 Å². The maximum atomic E-state index is 13.8. The van der Waals surface area contributed by atoms with Crippen molar-refractivity contribution in [1.29, 1.82) is 5.26 Å². The molecule has 0 fully saturated rings. The van der Waals surface area contributed by atoms with Gasteiger partial charge in [-0.3, -0.25) is 0 Å². The molecule has 7 heteroatoms. The number of halogens is 3. The molecular formula is C19H21F2IN4. The van der Waals surface area contributed by atoms with Crippen LogP contribution in [0.3, 0.4) is 0 Å². The topological polar surface area (TPSA) is 60.2 Å². The van der Waals surface area contributed by atoms with Crippen molar-refractivity contribution < 1.29 is 8.78 Å². The Morgan fingerprint density at radius 3 is 2.50 bits per heavy atom. The lowest BCUT2D eigenvalue weighted by Gasteiger charge is -2.11. The van der Waals surface area contributed by atoms with Crippen LogP contribution in [0.5, 0.6) is 0 Å². The smallest absolute Gasteiger partial charge is 0.191 e. The van der Waals surface area contributed by atoms with Crippen LogP contribution in [0.2, 0.25) is 0 Å². The Balaban J connectivity index is 0.00000338. The first-order valence-corrected chi connectivity index (χ1v) is 8.07. The predicted octanol–water partition coefficient (Wildman–Crippen LogP) is 3.75. The van der Waals surface area contributed by atoms with Crippen molar-refractivity contribution in [2.24, 2.45) is 4.99 Å². The number of hydrogen-bond donors (Lipinski definition) is 2. The molecule has 0 radical (unpaired) electrons. The highest BCUT2D eigenvalue weighted by Gasteiger charge is 2.04. The molecule has 2 rings (SSSR count). The SMILES string of the molecule is CCNC(=NCc1cc(C#N)ccc1F)NCCc1ccc(F)cc1.I. The molecule has 0 saturated carbocycles. The van der Waals surface area contributed by atoms with Gasteiger partial charge in [0.1, 0.15) is 11.6 Å². The summed E-state index contributed by atoms with van der Waals surface area (Å²) >= 11 is 0. The van der Waals surface area contributed by atoms with Crippen molar-refractivity contribution in [3.05, 3.63) is 70.8 Å². The van der Waals surface area contributed by atoms with Crippen LogP contribution < -0.4 is 10.6 Å². The average Bonchev–Trinajstić information content (AvgIpc) is 2.62. The maximum absolute atomic E-state index is 13.8. The van der Waals surface area contributed by atoms with E-state index in [0.29, 0.717) is 36.6 Å². The zero-order chi connectivity index (χ0) is 18.1. The molecule has 4 nitrogen and oxygen atoms in total. The molecular weight excluding hydrogens is 449 g/mol. The number of aliphatic imine (C=N–C) groups is 1. The van der Waals surface area contributed by atoms with E-state index in [9.17, 15) is 8.78 Å². The minimum absolute atomic E-state index is 0.